The molecule has 5 heteroatoms. The van der Waals surface area contributed by atoms with Crippen molar-refractivity contribution in [2.24, 2.45) is 4.99 Å². The van der Waals surface area contributed by atoms with Crippen LogP contribution in [0.15, 0.2) is 72.1 Å². The Hall–Kier alpha value is -3.86. The van der Waals surface area contributed by atoms with Crippen molar-refractivity contribution < 1.29 is 9.23 Å². The number of unbranched alkanes of at least 4 members (excludes halogenated alkanes) is 1. The molecule has 1 aromatic heterocycles. The predicted octanol–water partition coefficient (Wildman–Crippen LogP) is 6.83. The van der Waals surface area contributed by atoms with E-state index in [1.807, 2.05) is 24.3 Å². The Morgan fingerprint density at radius 2 is 1.79 bits per heavy atom. The number of hydroxylamine groups is 1. The second kappa shape index (κ2) is 8.17. The first-order valence-corrected chi connectivity index (χ1v) is 11.9. The van der Waals surface area contributed by atoms with Gasteiger partial charge in [0, 0.05) is 22.1 Å². The van der Waals surface area contributed by atoms with Gasteiger partial charge >= 0.3 is 0 Å². The average Bonchev–Trinajstić information content (AvgIpc) is 3.47. The Labute approximate surface area is 198 Å². The van der Waals surface area contributed by atoms with Crippen molar-refractivity contribution in [2.75, 3.05) is 0 Å². The van der Waals surface area contributed by atoms with Gasteiger partial charge in [0.1, 0.15) is 0 Å². The van der Waals surface area contributed by atoms with Gasteiger partial charge in [-0.25, -0.2) is 9.87 Å². The first-order valence-electron chi connectivity index (χ1n) is 11.9. The molecule has 4 aromatic rings. The lowest BCUT2D eigenvalue weighted by molar-refractivity contribution is 0.179. The minimum absolute atomic E-state index is 0.188. The molecule has 2 heterocycles. The van der Waals surface area contributed by atoms with E-state index >= 15 is 4.39 Å². The molecule has 1 aliphatic heterocycles. The normalized spacial score (nSPS) is 14.4. The van der Waals surface area contributed by atoms with Gasteiger partial charge in [0.15, 0.2) is 11.7 Å². The first-order chi connectivity index (χ1) is 16.6. The van der Waals surface area contributed by atoms with Crippen LogP contribution < -0.4 is 5.48 Å². The summed E-state index contributed by atoms with van der Waals surface area (Å²) in [6.07, 6.45) is 5.16. The lowest BCUT2D eigenvalue weighted by Gasteiger charge is -2.17. The molecule has 34 heavy (non-hydrogen) atoms. The van der Waals surface area contributed by atoms with E-state index in [0.717, 1.165) is 47.0 Å². The van der Waals surface area contributed by atoms with Crippen LogP contribution in [0.2, 0.25) is 0 Å². The molecule has 0 unspecified atom stereocenters. The standard InChI is InChI=1S/C29H26FN3O/c1-3-4-5-18-6-8-19(9-7-18)22-14-15-25-24-13-10-20-16-21(29-31-17(2)34-33-29)11-12-23(20)27(24)32-28(25)26(22)30/h6-9,11-12,14-16,32H,2-5,10,13H2,1H3,(H,31,33). The highest BCUT2D eigenvalue weighted by molar-refractivity contribution is 6.01. The van der Waals surface area contributed by atoms with E-state index in [0.29, 0.717) is 22.8 Å². The van der Waals surface area contributed by atoms with Crippen LogP contribution in [0.3, 0.4) is 0 Å². The summed E-state index contributed by atoms with van der Waals surface area (Å²) in [4.78, 5) is 12.9. The highest BCUT2D eigenvalue weighted by atomic mass is 19.1. The minimum atomic E-state index is -0.188. The van der Waals surface area contributed by atoms with Crippen LogP contribution in [0.4, 0.5) is 4.39 Å². The second-order valence-corrected chi connectivity index (χ2v) is 9.06. The fraction of sp³-hybridized carbons (Fsp3) is 0.207. The number of amidine groups is 1. The number of aryl methyl sites for hydroxylation is 3. The molecule has 0 fully saturated rings. The number of rotatable bonds is 5. The Balaban J connectivity index is 1.38. The summed E-state index contributed by atoms with van der Waals surface area (Å²) >= 11 is 0. The monoisotopic (exact) mass is 451 g/mol. The summed E-state index contributed by atoms with van der Waals surface area (Å²) in [6, 6.07) is 18.5. The minimum Gasteiger partial charge on any atom is -0.361 e. The summed E-state index contributed by atoms with van der Waals surface area (Å²) in [5, 5.41) is 0.970. The molecule has 0 bridgehead atoms. The van der Waals surface area contributed by atoms with E-state index in [-0.39, 0.29) is 5.82 Å². The van der Waals surface area contributed by atoms with Gasteiger partial charge in [-0.1, -0.05) is 61.9 Å². The van der Waals surface area contributed by atoms with Gasteiger partial charge in [-0.05, 0) is 60.6 Å². The molecule has 170 valence electrons. The Morgan fingerprint density at radius 1 is 1.00 bits per heavy atom. The summed E-state index contributed by atoms with van der Waals surface area (Å²) in [5.41, 5.74) is 11.7. The van der Waals surface area contributed by atoms with E-state index in [1.54, 1.807) is 0 Å². The molecule has 1 aliphatic carbocycles. The molecule has 3 aromatic carbocycles. The van der Waals surface area contributed by atoms with Crippen molar-refractivity contribution >= 4 is 16.7 Å². The van der Waals surface area contributed by atoms with Gasteiger partial charge in [0.25, 0.3) is 0 Å². The molecule has 6 rings (SSSR count). The maximum Gasteiger partial charge on any atom is 0.240 e. The lowest BCUT2D eigenvalue weighted by Crippen LogP contribution is -2.18. The number of H-pyrrole nitrogens is 1. The zero-order valence-electron chi connectivity index (χ0n) is 19.2. The van der Waals surface area contributed by atoms with Crippen molar-refractivity contribution in [3.05, 3.63) is 95.1 Å². The van der Waals surface area contributed by atoms with Crippen molar-refractivity contribution in [3.8, 4) is 22.4 Å². The number of fused-ring (bicyclic) bond motifs is 5. The lowest BCUT2D eigenvalue weighted by atomic mass is 9.87. The molecule has 0 spiro atoms. The number of nitrogens with one attached hydrogen (secondary N) is 2. The van der Waals surface area contributed by atoms with Gasteiger partial charge in [-0.3, -0.25) is 0 Å². The molecule has 2 N–H and O–H groups in total. The predicted molar refractivity (Wildman–Crippen MR) is 135 cm³/mol. The Morgan fingerprint density at radius 3 is 2.56 bits per heavy atom. The summed E-state index contributed by atoms with van der Waals surface area (Å²) in [7, 11) is 0. The molecule has 0 saturated carbocycles. The molecule has 0 saturated heterocycles. The zero-order chi connectivity index (χ0) is 23.2. The fourth-order valence-corrected chi connectivity index (χ4v) is 5.08. The van der Waals surface area contributed by atoms with Crippen LogP contribution in [0, 0.1) is 5.82 Å². The number of hydrogen-bond donors (Lipinski definition) is 2. The van der Waals surface area contributed by atoms with E-state index in [2.05, 4.69) is 59.3 Å². The maximum absolute atomic E-state index is 15.7. The molecule has 4 nitrogen and oxygen atoms in total. The quantitative estimate of drug-likeness (QED) is 0.349. The fourth-order valence-electron chi connectivity index (χ4n) is 5.08. The van der Waals surface area contributed by atoms with E-state index in [9.17, 15) is 0 Å². The Kier molecular flexibility index (Phi) is 4.98. The van der Waals surface area contributed by atoms with Gasteiger partial charge in [-0.15, -0.1) is 0 Å². The number of halogens is 1. The van der Waals surface area contributed by atoms with Crippen LogP contribution in [-0.2, 0) is 24.1 Å². The Bertz CT molecular complexity index is 1460. The van der Waals surface area contributed by atoms with Gasteiger partial charge in [-0.2, -0.15) is 4.99 Å². The van der Waals surface area contributed by atoms with Crippen LogP contribution in [0.1, 0.15) is 42.0 Å². The number of aromatic nitrogens is 1. The summed E-state index contributed by atoms with van der Waals surface area (Å²) in [6.45, 7) is 5.91. The van der Waals surface area contributed by atoms with Crippen LogP contribution >= 0.6 is 0 Å². The third-order valence-corrected chi connectivity index (χ3v) is 6.90. The third-order valence-electron chi connectivity index (χ3n) is 6.90. The first kappa shape index (κ1) is 20.7. The largest absolute Gasteiger partial charge is 0.361 e. The van der Waals surface area contributed by atoms with Gasteiger partial charge < -0.3 is 9.82 Å². The summed E-state index contributed by atoms with van der Waals surface area (Å²) in [5.74, 6) is 0.825. The number of aliphatic imine (C=N–C) groups is 1. The van der Waals surface area contributed by atoms with Crippen molar-refractivity contribution in [2.45, 2.75) is 39.0 Å². The summed E-state index contributed by atoms with van der Waals surface area (Å²) < 4.78 is 15.7. The van der Waals surface area contributed by atoms with Gasteiger partial charge in [0.2, 0.25) is 5.88 Å². The van der Waals surface area contributed by atoms with Crippen molar-refractivity contribution in [1.82, 2.24) is 10.5 Å². The highest BCUT2D eigenvalue weighted by Gasteiger charge is 2.24. The number of benzene rings is 3. The molecule has 0 atom stereocenters. The van der Waals surface area contributed by atoms with Crippen molar-refractivity contribution in [3.63, 3.8) is 0 Å². The van der Waals surface area contributed by atoms with Crippen LogP contribution in [0.5, 0.6) is 0 Å². The SMILES string of the molecule is C=C1N=C(c2ccc3c(c2)CCc2c-3[nH]c3c(F)c(-c4ccc(CCCC)cc4)ccc23)NO1. The molecule has 0 amide bonds. The number of hydrogen-bond acceptors (Lipinski definition) is 3. The van der Waals surface area contributed by atoms with Crippen molar-refractivity contribution in [1.29, 1.82) is 0 Å². The molecule has 2 aliphatic rings. The number of nitrogens with zero attached hydrogens (tertiary/aromatic N) is 1. The molecular weight excluding hydrogens is 425 g/mol. The molecular formula is C29H26FN3O. The van der Waals surface area contributed by atoms with Crippen LogP contribution in [-0.4, -0.2) is 10.8 Å². The molecule has 0 radical (unpaired) electrons. The number of aromatic amines is 1. The smallest absolute Gasteiger partial charge is 0.240 e. The van der Waals surface area contributed by atoms with Gasteiger partial charge in [0.05, 0.1) is 11.2 Å². The second-order valence-electron chi connectivity index (χ2n) is 9.06. The maximum atomic E-state index is 15.7. The topological polar surface area (TPSA) is 49.4 Å². The van der Waals surface area contributed by atoms with E-state index < -0.39 is 0 Å². The van der Waals surface area contributed by atoms with E-state index in [1.165, 1.54) is 29.5 Å². The highest BCUT2D eigenvalue weighted by Crippen LogP contribution is 2.40. The average molecular weight is 452 g/mol. The zero-order valence-corrected chi connectivity index (χ0v) is 19.2. The van der Waals surface area contributed by atoms with E-state index in [4.69, 9.17) is 4.84 Å². The van der Waals surface area contributed by atoms with Crippen LogP contribution in [0.25, 0.3) is 33.3 Å². The third kappa shape index (κ3) is 3.39.